The van der Waals surface area contributed by atoms with Gasteiger partial charge in [0.1, 0.15) is 5.75 Å². The fraction of sp³-hybridized carbons (Fsp3) is 0.154. The Kier molecular flexibility index (Phi) is 3.14. The summed E-state index contributed by atoms with van der Waals surface area (Å²) in [6.07, 6.45) is 7.22. The van der Waals surface area contributed by atoms with Crippen LogP contribution >= 0.6 is 0 Å². The molecule has 0 saturated heterocycles. The average molecular weight is 230 g/mol. The lowest BCUT2D eigenvalue weighted by molar-refractivity contribution is 0.172. The number of nitrogens with one attached hydrogen (secondary N) is 1. The van der Waals surface area contributed by atoms with E-state index < -0.39 is 0 Å². The lowest BCUT2D eigenvalue weighted by atomic mass is 10.2. The predicted octanol–water partition coefficient (Wildman–Crippen LogP) is 0.382. The van der Waals surface area contributed by atoms with Crippen LogP contribution in [0.4, 0.5) is 4.79 Å². The van der Waals surface area contributed by atoms with Gasteiger partial charge >= 0.3 is 6.09 Å². The Morgan fingerprint density at radius 3 is 2.88 bits per heavy atom. The number of allylic oxidation sites excluding steroid dienone is 1. The number of hydrogen-bond acceptors (Lipinski definition) is 3. The molecule has 1 heterocycles. The zero-order valence-electron chi connectivity index (χ0n) is 9.81. The highest BCUT2D eigenvalue weighted by atomic mass is 16.6. The van der Waals surface area contributed by atoms with Crippen molar-refractivity contribution in [3.8, 4) is 5.75 Å². The van der Waals surface area contributed by atoms with Crippen molar-refractivity contribution in [2.45, 2.75) is 0 Å². The van der Waals surface area contributed by atoms with Crippen molar-refractivity contribution in [1.29, 1.82) is 0 Å². The molecule has 0 aliphatic carbocycles. The monoisotopic (exact) mass is 230 g/mol. The number of carbonyl (C=O) groups is 1. The van der Waals surface area contributed by atoms with Gasteiger partial charge in [0.15, 0.2) is 0 Å². The average Bonchev–Trinajstić information content (AvgIpc) is 2.53. The highest BCUT2D eigenvalue weighted by Crippen LogP contribution is 2.05. The first-order valence-corrected chi connectivity index (χ1v) is 5.29. The third kappa shape index (κ3) is 2.66. The quantitative estimate of drug-likeness (QED) is 0.758. The van der Waals surface area contributed by atoms with Crippen LogP contribution in [0.5, 0.6) is 5.75 Å². The first-order chi connectivity index (χ1) is 8.16. The van der Waals surface area contributed by atoms with Gasteiger partial charge in [0, 0.05) is 26.5 Å². The number of carbonyl (C=O) groups excluding carboxylic acids is 1. The summed E-state index contributed by atoms with van der Waals surface area (Å²) in [5.41, 5.74) is 0. The minimum absolute atomic E-state index is 0.379. The number of benzene rings is 1. The molecular formula is C13H14N2O2. The van der Waals surface area contributed by atoms with E-state index in [4.69, 9.17) is 4.74 Å². The first kappa shape index (κ1) is 11.3. The SMILES string of the molecule is CN(C)C(=O)Oc1ccc2c(c1)=CC=CNC=2. The molecule has 4 nitrogen and oxygen atoms in total. The molecular weight excluding hydrogens is 216 g/mol. The van der Waals surface area contributed by atoms with Crippen LogP contribution in [0.25, 0.3) is 12.3 Å². The molecule has 0 fully saturated rings. The standard InChI is InChI=1S/C13H14N2O2/c1-15(2)13(16)17-12-6-5-11-9-14-7-3-4-10(11)8-12/h3-9,14H,1-2H3. The summed E-state index contributed by atoms with van der Waals surface area (Å²) in [5.74, 6) is 0.544. The lowest BCUT2D eigenvalue weighted by Gasteiger charge is -2.10. The molecule has 1 aromatic carbocycles. The van der Waals surface area contributed by atoms with Gasteiger partial charge in [-0.2, -0.15) is 0 Å². The van der Waals surface area contributed by atoms with Gasteiger partial charge in [0.2, 0.25) is 0 Å². The second kappa shape index (κ2) is 4.74. The molecule has 0 saturated carbocycles. The topological polar surface area (TPSA) is 41.6 Å². The molecule has 0 atom stereocenters. The summed E-state index contributed by atoms with van der Waals surface area (Å²) in [6.45, 7) is 0. The molecule has 0 spiro atoms. The molecule has 2 rings (SSSR count). The molecule has 0 unspecified atom stereocenters. The third-order valence-electron chi connectivity index (χ3n) is 2.34. The number of fused-ring (bicyclic) bond motifs is 1. The molecule has 1 aliphatic rings. The molecule has 4 heteroatoms. The molecule has 0 radical (unpaired) electrons. The van der Waals surface area contributed by atoms with E-state index in [9.17, 15) is 4.79 Å². The van der Waals surface area contributed by atoms with Gasteiger partial charge in [-0.25, -0.2) is 4.79 Å². The Morgan fingerprint density at radius 1 is 1.29 bits per heavy atom. The normalized spacial score (nSPS) is 12.4. The van der Waals surface area contributed by atoms with Crippen molar-refractivity contribution >= 4 is 18.4 Å². The fourth-order valence-corrected chi connectivity index (χ4v) is 1.43. The first-order valence-electron chi connectivity index (χ1n) is 5.29. The molecule has 1 aliphatic heterocycles. The largest absolute Gasteiger partial charge is 0.414 e. The Balaban J connectivity index is 2.34. The van der Waals surface area contributed by atoms with Crippen LogP contribution in [0.1, 0.15) is 0 Å². The van der Waals surface area contributed by atoms with Gasteiger partial charge in [-0.1, -0.05) is 6.08 Å². The Labute approximate surface area is 99.5 Å². The number of amides is 1. The summed E-state index contributed by atoms with van der Waals surface area (Å²) in [4.78, 5) is 12.8. The van der Waals surface area contributed by atoms with Gasteiger partial charge in [-0.05, 0) is 34.7 Å². The number of ether oxygens (including phenoxy) is 1. The summed E-state index contributed by atoms with van der Waals surface area (Å²) in [6, 6.07) is 5.52. The zero-order chi connectivity index (χ0) is 12.3. The number of rotatable bonds is 1. The maximum atomic E-state index is 11.4. The lowest BCUT2D eigenvalue weighted by Crippen LogP contribution is -2.28. The van der Waals surface area contributed by atoms with Crippen molar-refractivity contribution in [3.63, 3.8) is 0 Å². The van der Waals surface area contributed by atoms with Crippen molar-refractivity contribution in [2.75, 3.05) is 14.1 Å². The number of nitrogens with zero attached hydrogens (tertiary/aromatic N) is 1. The zero-order valence-corrected chi connectivity index (χ0v) is 9.81. The highest BCUT2D eigenvalue weighted by Gasteiger charge is 2.06. The predicted molar refractivity (Wildman–Crippen MR) is 66.6 cm³/mol. The van der Waals surface area contributed by atoms with Gasteiger partial charge < -0.3 is 15.0 Å². The van der Waals surface area contributed by atoms with Crippen LogP contribution in [-0.2, 0) is 0 Å². The van der Waals surface area contributed by atoms with Crippen molar-refractivity contribution in [1.82, 2.24) is 10.2 Å². The van der Waals surface area contributed by atoms with Gasteiger partial charge in [-0.15, -0.1) is 0 Å². The fourth-order valence-electron chi connectivity index (χ4n) is 1.43. The highest BCUT2D eigenvalue weighted by molar-refractivity contribution is 5.70. The Hall–Kier alpha value is -2.23. The van der Waals surface area contributed by atoms with E-state index in [0.29, 0.717) is 5.75 Å². The van der Waals surface area contributed by atoms with Crippen LogP contribution in [0.3, 0.4) is 0 Å². The summed E-state index contributed by atoms with van der Waals surface area (Å²) >= 11 is 0. The van der Waals surface area contributed by atoms with E-state index >= 15 is 0 Å². The van der Waals surface area contributed by atoms with Crippen molar-refractivity contribution in [2.24, 2.45) is 0 Å². The smallest absolute Gasteiger partial charge is 0.410 e. The maximum Gasteiger partial charge on any atom is 0.414 e. The van der Waals surface area contributed by atoms with Crippen LogP contribution in [-0.4, -0.2) is 25.1 Å². The van der Waals surface area contributed by atoms with E-state index in [1.165, 1.54) is 4.90 Å². The summed E-state index contributed by atoms with van der Waals surface area (Å²) in [5, 5.41) is 5.09. The Bertz CT molecular complexity index is 574. The second-order valence-corrected chi connectivity index (χ2v) is 3.89. The van der Waals surface area contributed by atoms with Crippen LogP contribution in [0, 0.1) is 0 Å². The van der Waals surface area contributed by atoms with E-state index in [1.54, 1.807) is 20.2 Å². The Morgan fingerprint density at radius 2 is 2.12 bits per heavy atom. The van der Waals surface area contributed by atoms with Crippen molar-refractivity contribution < 1.29 is 9.53 Å². The minimum Gasteiger partial charge on any atom is -0.410 e. The number of hydrogen-bond donors (Lipinski definition) is 1. The molecule has 17 heavy (non-hydrogen) atoms. The molecule has 88 valence electrons. The van der Waals surface area contributed by atoms with E-state index in [-0.39, 0.29) is 6.09 Å². The molecule has 1 N–H and O–H groups in total. The molecule has 0 aromatic heterocycles. The minimum atomic E-state index is -0.379. The van der Waals surface area contributed by atoms with Crippen LogP contribution in [0.2, 0.25) is 0 Å². The maximum absolute atomic E-state index is 11.4. The van der Waals surface area contributed by atoms with Crippen molar-refractivity contribution in [3.05, 3.63) is 40.9 Å². The van der Waals surface area contributed by atoms with Gasteiger partial charge in [0.05, 0.1) is 0 Å². The molecule has 1 amide bonds. The second-order valence-electron chi connectivity index (χ2n) is 3.89. The van der Waals surface area contributed by atoms with E-state index in [2.05, 4.69) is 5.32 Å². The van der Waals surface area contributed by atoms with Gasteiger partial charge in [0.25, 0.3) is 0 Å². The summed E-state index contributed by atoms with van der Waals surface area (Å²) in [7, 11) is 3.30. The van der Waals surface area contributed by atoms with Gasteiger partial charge in [-0.3, -0.25) is 0 Å². The summed E-state index contributed by atoms with van der Waals surface area (Å²) < 4.78 is 5.19. The molecule has 0 bridgehead atoms. The van der Waals surface area contributed by atoms with Crippen LogP contribution < -0.4 is 20.5 Å². The van der Waals surface area contributed by atoms with E-state index in [0.717, 1.165) is 10.4 Å². The van der Waals surface area contributed by atoms with E-state index in [1.807, 2.05) is 36.7 Å². The third-order valence-corrected chi connectivity index (χ3v) is 2.34. The molecule has 1 aromatic rings. The van der Waals surface area contributed by atoms with Crippen LogP contribution in [0.15, 0.2) is 30.5 Å².